The molecule has 0 amide bonds. The van der Waals surface area contributed by atoms with Gasteiger partial charge in [0, 0.05) is 27.5 Å². The fourth-order valence-corrected chi connectivity index (χ4v) is 4.47. The van der Waals surface area contributed by atoms with Crippen LogP contribution in [0.2, 0.25) is 0 Å². The fourth-order valence-electron chi connectivity index (χ4n) is 2.92. The van der Waals surface area contributed by atoms with Crippen LogP contribution in [0.1, 0.15) is 45.7 Å². The average Bonchev–Trinajstić information content (AvgIpc) is 3.30. The molecule has 6 nitrogen and oxygen atoms in total. The highest BCUT2D eigenvalue weighted by molar-refractivity contribution is 7.11. The van der Waals surface area contributed by atoms with Gasteiger partial charge in [0.25, 0.3) is 0 Å². The maximum atomic E-state index is 4.77. The maximum Gasteiger partial charge on any atom is 0.225 e. The molecule has 0 aliphatic carbocycles. The zero-order valence-corrected chi connectivity index (χ0v) is 17.9. The second-order valence-electron chi connectivity index (χ2n) is 6.76. The van der Waals surface area contributed by atoms with E-state index >= 15 is 0 Å². The molecule has 0 aliphatic heterocycles. The van der Waals surface area contributed by atoms with Crippen LogP contribution in [0.5, 0.6) is 0 Å². The lowest BCUT2D eigenvalue weighted by Gasteiger charge is -2.17. The van der Waals surface area contributed by atoms with Crippen molar-refractivity contribution in [3.8, 4) is 0 Å². The number of benzene rings is 1. The van der Waals surface area contributed by atoms with Gasteiger partial charge in [0.15, 0.2) is 0 Å². The Bertz CT molecular complexity index is 1100. The number of rotatable bonds is 6. The third-order valence-electron chi connectivity index (χ3n) is 4.32. The highest BCUT2D eigenvalue weighted by Crippen LogP contribution is 2.29. The Labute approximate surface area is 172 Å². The standard InChI is InChI=1S/C20H22N6S2/c1-11-9-21-18(27-11)13(3)23-17-15-7-5-6-8-16(15)25-20(26-17)24-14(4)19-22-10-12(2)28-19/h5-10,13-14H,1-4H3,(H2,23,24,25,26). The van der Waals surface area contributed by atoms with E-state index in [1.807, 2.05) is 36.7 Å². The third kappa shape index (κ3) is 3.98. The van der Waals surface area contributed by atoms with Gasteiger partial charge in [0.05, 0.1) is 17.6 Å². The molecule has 1 aromatic carbocycles. The maximum absolute atomic E-state index is 4.77. The van der Waals surface area contributed by atoms with Gasteiger partial charge in [-0.2, -0.15) is 4.98 Å². The highest BCUT2D eigenvalue weighted by Gasteiger charge is 2.16. The SMILES string of the molecule is Cc1cnc(C(C)Nc2nc(NC(C)c3ncc(C)s3)c3ccccc3n2)s1. The minimum Gasteiger partial charge on any atom is -0.360 e. The van der Waals surface area contributed by atoms with Crippen molar-refractivity contribution in [3.63, 3.8) is 0 Å². The first-order chi connectivity index (χ1) is 13.5. The molecule has 0 spiro atoms. The van der Waals surface area contributed by atoms with E-state index in [4.69, 9.17) is 9.97 Å². The Morgan fingerprint density at radius 1 is 0.821 bits per heavy atom. The van der Waals surface area contributed by atoms with Crippen LogP contribution < -0.4 is 10.6 Å². The molecule has 8 heteroatoms. The number of para-hydroxylation sites is 1. The Morgan fingerprint density at radius 3 is 2.04 bits per heavy atom. The van der Waals surface area contributed by atoms with E-state index in [-0.39, 0.29) is 12.1 Å². The zero-order valence-electron chi connectivity index (χ0n) is 16.2. The lowest BCUT2D eigenvalue weighted by atomic mass is 10.2. The van der Waals surface area contributed by atoms with Gasteiger partial charge in [-0.1, -0.05) is 12.1 Å². The molecule has 2 atom stereocenters. The minimum absolute atomic E-state index is 0.0340. The number of nitrogens with one attached hydrogen (secondary N) is 2. The normalized spacial score (nSPS) is 13.4. The first kappa shape index (κ1) is 18.8. The molecule has 4 aromatic rings. The van der Waals surface area contributed by atoms with E-state index in [9.17, 15) is 0 Å². The Kier molecular flexibility index (Phi) is 5.23. The molecule has 2 N–H and O–H groups in total. The Morgan fingerprint density at radius 2 is 1.43 bits per heavy atom. The van der Waals surface area contributed by atoms with E-state index < -0.39 is 0 Å². The Balaban J connectivity index is 1.65. The molecule has 4 rings (SSSR count). The minimum atomic E-state index is 0.0340. The second kappa shape index (κ2) is 7.81. The molecule has 28 heavy (non-hydrogen) atoms. The summed E-state index contributed by atoms with van der Waals surface area (Å²) >= 11 is 3.38. The van der Waals surface area contributed by atoms with Gasteiger partial charge in [-0.25, -0.2) is 15.0 Å². The predicted molar refractivity (Wildman–Crippen MR) is 117 cm³/mol. The molecule has 3 heterocycles. The zero-order chi connectivity index (χ0) is 19.7. The molecule has 0 saturated carbocycles. The first-order valence-corrected chi connectivity index (χ1v) is 10.8. The van der Waals surface area contributed by atoms with Gasteiger partial charge in [-0.05, 0) is 39.8 Å². The van der Waals surface area contributed by atoms with Gasteiger partial charge < -0.3 is 10.6 Å². The number of hydrogen-bond donors (Lipinski definition) is 2. The van der Waals surface area contributed by atoms with Crippen molar-refractivity contribution in [1.29, 1.82) is 0 Å². The van der Waals surface area contributed by atoms with Crippen LogP contribution in [-0.2, 0) is 0 Å². The number of aromatic nitrogens is 4. The number of aryl methyl sites for hydroxylation is 2. The summed E-state index contributed by atoms with van der Waals surface area (Å²) < 4.78 is 0. The third-order valence-corrected chi connectivity index (χ3v) is 6.51. The molecular formula is C20H22N6S2. The number of fused-ring (bicyclic) bond motifs is 1. The van der Waals surface area contributed by atoms with Gasteiger partial charge in [0.1, 0.15) is 15.8 Å². The van der Waals surface area contributed by atoms with Crippen LogP contribution in [-0.4, -0.2) is 19.9 Å². The van der Waals surface area contributed by atoms with Gasteiger partial charge in [-0.15, -0.1) is 22.7 Å². The number of thiazole rings is 2. The van der Waals surface area contributed by atoms with Crippen molar-refractivity contribution < 1.29 is 0 Å². The van der Waals surface area contributed by atoms with Gasteiger partial charge in [0.2, 0.25) is 5.95 Å². The van der Waals surface area contributed by atoms with Crippen LogP contribution in [0.15, 0.2) is 36.7 Å². The molecule has 0 fully saturated rings. The van der Waals surface area contributed by atoms with Crippen molar-refractivity contribution in [2.45, 2.75) is 39.8 Å². The van der Waals surface area contributed by atoms with Crippen molar-refractivity contribution in [1.82, 2.24) is 19.9 Å². The van der Waals surface area contributed by atoms with E-state index in [0.717, 1.165) is 26.7 Å². The quantitative estimate of drug-likeness (QED) is 0.437. The van der Waals surface area contributed by atoms with Crippen LogP contribution in [0.25, 0.3) is 10.9 Å². The largest absolute Gasteiger partial charge is 0.360 e. The van der Waals surface area contributed by atoms with Crippen LogP contribution in [0, 0.1) is 13.8 Å². The molecule has 0 aliphatic rings. The van der Waals surface area contributed by atoms with Crippen molar-refractivity contribution >= 4 is 45.3 Å². The van der Waals surface area contributed by atoms with E-state index in [1.165, 1.54) is 9.75 Å². The molecule has 3 aromatic heterocycles. The average molecular weight is 411 g/mol. The molecule has 0 saturated heterocycles. The van der Waals surface area contributed by atoms with Crippen molar-refractivity contribution in [2.24, 2.45) is 0 Å². The molecule has 0 bridgehead atoms. The van der Waals surface area contributed by atoms with Gasteiger partial charge >= 0.3 is 0 Å². The Hall–Kier alpha value is -2.58. The topological polar surface area (TPSA) is 75.6 Å². The number of hydrogen-bond acceptors (Lipinski definition) is 8. The predicted octanol–water partition coefficient (Wildman–Crippen LogP) is 5.51. The number of nitrogens with zero attached hydrogens (tertiary/aromatic N) is 4. The van der Waals surface area contributed by atoms with E-state index in [2.05, 4.69) is 48.3 Å². The second-order valence-corrected chi connectivity index (χ2v) is 9.30. The smallest absolute Gasteiger partial charge is 0.225 e. The summed E-state index contributed by atoms with van der Waals surface area (Å²) in [6, 6.07) is 8.13. The van der Waals surface area contributed by atoms with Crippen LogP contribution >= 0.6 is 22.7 Å². The summed E-state index contributed by atoms with van der Waals surface area (Å²) in [6.45, 7) is 8.30. The monoisotopic (exact) mass is 410 g/mol. The summed E-state index contributed by atoms with van der Waals surface area (Å²) in [5.41, 5.74) is 0.896. The summed E-state index contributed by atoms with van der Waals surface area (Å²) in [4.78, 5) is 20.8. The molecule has 2 unspecified atom stereocenters. The van der Waals surface area contributed by atoms with E-state index in [1.54, 1.807) is 22.7 Å². The lowest BCUT2D eigenvalue weighted by Crippen LogP contribution is -2.13. The number of anilines is 2. The molecular weight excluding hydrogens is 388 g/mol. The van der Waals surface area contributed by atoms with Crippen molar-refractivity contribution in [3.05, 3.63) is 56.4 Å². The molecule has 0 radical (unpaired) electrons. The fraction of sp³-hybridized carbons (Fsp3) is 0.300. The highest BCUT2D eigenvalue weighted by atomic mass is 32.1. The van der Waals surface area contributed by atoms with Crippen LogP contribution in [0.3, 0.4) is 0 Å². The summed E-state index contributed by atoms with van der Waals surface area (Å²) in [7, 11) is 0. The summed E-state index contributed by atoms with van der Waals surface area (Å²) in [6.07, 6.45) is 3.80. The molecule has 144 valence electrons. The van der Waals surface area contributed by atoms with Crippen LogP contribution in [0.4, 0.5) is 11.8 Å². The van der Waals surface area contributed by atoms with Gasteiger partial charge in [-0.3, -0.25) is 0 Å². The van der Waals surface area contributed by atoms with E-state index in [0.29, 0.717) is 5.95 Å². The summed E-state index contributed by atoms with van der Waals surface area (Å²) in [5.74, 6) is 1.39. The first-order valence-electron chi connectivity index (χ1n) is 9.14. The summed E-state index contributed by atoms with van der Waals surface area (Å²) in [5, 5.41) is 9.97. The lowest BCUT2D eigenvalue weighted by molar-refractivity contribution is 0.841. The van der Waals surface area contributed by atoms with Crippen molar-refractivity contribution in [2.75, 3.05) is 10.6 Å².